The highest BCUT2D eigenvalue weighted by molar-refractivity contribution is 6.33. The van der Waals surface area contributed by atoms with Gasteiger partial charge in [-0.1, -0.05) is 23.2 Å². The number of nitriles is 1. The monoisotopic (exact) mass is 294 g/mol. The molecule has 0 fully saturated rings. The number of halogens is 2. The third-order valence-electron chi connectivity index (χ3n) is 2.23. The number of nitrogen functional groups attached to an aromatic ring is 1. The molecule has 4 N–H and O–H groups in total. The summed E-state index contributed by atoms with van der Waals surface area (Å²) < 4.78 is 0. The fourth-order valence-electron chi connectivity index (χ4n) is 1.37. The van der Waals surface area contributed by atoms with Gasteiger partial charge in [-0.2, -0.15) is 10.2 Å². The average molecular weight is 295 g/mol. The summed E-state index contributed by atoms with van der Waals surface area (Å²) in [7, 11) is 0. The number of nitrogens with one attached hydrogen (secondary N) is 2. The lowest BCUT2D eigenvalue weighted by molar-refractivity contribution is 1.12. The molecule has 96 valence electrons. The summed E-state index contributed by atoms with van der Waals surface area (Å²) in [5, 5.41) is 12.7. The molecule has 2 rings (SSSR count). The van der Waals surface area contributed by atoms with Crippen molar-refractivity contribution in [3.05, 3.63) is 40.0 Å². The molecule has 0 bridgehead atoms. The maximum Gasteiger partial charge on any atom is 0.239 e. The van der Waals surface area contributed by atoms with Crippen LogP contribution >= 0.6 is 23.2 Å². The van der Waals surface area contributed by atoms with Crippen LogP contribution in [0.3, 0.4) is 0 Å². The van der Waals surface area contributed by atoms with Crippen LogP contribution in [0.4, 0.5) is 17.5 Å². The Bertz CT molecular complexity index is 652. The minimum atomic E-state index is 0.201. The maximum atomic E-state index is 9.03. The predicted octanol–water partition coefficient (Wildman–Crippen LogP) is 2.68. The van der Waals surface area contributed by atoms with Crippen LogP contribution in [0.2, 0.25) is 10.0 Å². The number of aromatic nitrogens is 2. The van der Waals surface area contributed by atoms with Crippen LogP contribution in [0.1, 0.15) is 5.56 Å². The van der Waals surface area contributed by atoms with Crippen molar-refractivity contribution in [2.45, 2.75) is 0 Å². The third-order valence-corrected chi connectivity index (χ3v) is 2.74. The second-order valence-electron chi connectivity index (χ2n) is 3.46. The van der Waals surface area contributed by atoms with Gasteiger partial charge >= 0.3 is 0 Å². The number of nitrogens with zero attached hydrogens (tertiary/aromatic N) is 3. The molecule has 19 heavy (non-hydrogen) atoms. The van der Waals surface area contributed by atoms with Crippen molar-refractivity contribution >= 4 is 40.7 Å². The largest absolute Gasteiger partial charge is 0.338 e. The van der Waals surface area contributed by atoms with Crippen LogP contribution in [-0.2, 0) is 0 Å². The normalized spacial score (nSPS) is 9.79. The van der Waals surface area contributed by atoms with E-state index >= 15 is 0 Å². The van der Waals surface area contributed by atoms with E-state index in [1.54, 1.807) is 18.2 Å². The summed E-state index contributed by atoms with van der Waals surface area (Å²) in [4.78, 5) is 7.90. The van der Waals surface area contributed by atoms with E-state index < -0.39 is 0 Å². The van der Waals surface area contributed by atoms with Gasteiger partial charge in [-0.05, 0) is 18.2 Å². The van der Waals surface area contributed by atoms with Gasteiger partial charge in [0, 0.05) is 5.02 Å². The van der Waals surface area contributed by atoms with Crippen LogP contribution < -0.4 is 16.6 Å². The van der Waals surface area contributed by atoms with Gasteiger partial charge in [-0.3, -0.25) is 5.43 Å². The average Bonchev–Trinajstić information content (AvgIpc) is 2.41. The Morgan fingerprint density at radius 3 is 2.79 bits per heavy atom. The number of anilines is 3. The summed E-state index contributed by atoms with van der Waals surface area (Å²) in [5.74, 6) is 5.75. The molecule has 0 amide bonds. The summed E-state index contributed by atoms with van der Waals surface area (Å²) in [6.07, 6.45) is 1.39. The summed E-state index contributed by atoms with van der Waals surface area (Å²) in [6, 6.07) is 6.87. The lowest BCUT2D eigenvalue weighted by atomic mass is 10.2. The quantitative estimate of drug-likeness (QED) is 0.594. The number of hydrogen-bond donors (Lipinski definition) is 3. The highest BCUT2D eigenvalue weighted by Gasteiger charge is 2.09. The summed E-state index contributed by atoms with van der Waals surface area (Å²) in [6.45, 7) is 0. The minimum Gasteiger partial charge on any atom is -0.338 e. The van der Waals surface area contributed by atoms with Gasteiger partial charge in [0.15, 0.2) is 5.82 Å². The zero-order valence-corrected chi connectivity index (χ0v) is 11.0. The molecule has 1 heterocycles. The smallest absolute Gasteiger partial charge is 0.239 e. The van der Waals surface area contributed by atoms with Crippen molar-refractivity contribution in [1.29, 1.82) is 5.26 Å². The molecule has 6 nitrogen and oxygen atoms in total. The molecular formula is C11H8Cl2N6. The molecule has 0 aliphatic heterocycles. The molecule has 1 aromatic carbocycles. The molecule has 0 unspecified atom stereocenters. The number of rotatable bonds is 3. The Labute approximate surface area is 119 Å². The molecule has 0 atom stereocenters. The number of hydrazine groups is 1. The van der Waals surface area contributed by atoms with Gasteiger partial charge in [0.25, 0.3) is 0 Å². The van der Waals surface area contributed by atoms with E-state index in [2.05, 4.69) is 20.7 Å². The predicted molar refractivity (Wildman–Crippen MR) is 74.3 cm³/mol. The van der Waals surface area contributed by atoms with Crippen molar-refractivity contribution in [1.82, 2.24) is 9.97 Å². The van der Waals surface area contributed by atoms with Gasteiger partial charge in [0.2, 0.25) is 5.95 Å². The topological polar surface area (TPSA) is 99.7 Å². The summed E-state index contributed by atoms with van der Waals surface area (Å²) >= 11 is 11.9. The summed E-state index contributed by atoms with van der Waals surface area (Å²) in [5.41, 5.74) is 3.22. The highest BCUT2D eigenvalue weighted by Crippen LogP contribution is 2.27. The van der Waals surface area contributed by atoms with Crippen molar-refractivity contribution in [3.8, 4) is 6.07 Å². The third kappa shape index (κ3) is 3.03. The van der Waals surface area contributed by atoms with E-state index in [0.717, 1.165) is 0 Å². The first-order valence-electron chi connectivity index (χ1n) is 5.10. The van der Waals surface area contributed by atoms with E-state index in [1.807, 2.05) is 6.07 Å². The molecule has 0 saturated heterocycles. The second kappa shape index (κ2) is 5.71. The molecule has 0 radical (unpaired) electrons. The van der Waals surface area contributed by atoms with Gasteiger partial charge in [0.1, 0.15) is 11.1 Å². The zero-order valence-electron chi connectivity index (χ0n) is 9.48. The molecule has 0 aliphatic rings. The molecule has 2 aromatic rings. The lowest BCUT2D eigenvalue weighted by Gasteiger charge is -2.10. The Kier molecular flexibility index (Phi) is 4.02. The van der Waals surface area contributed by atoms with Crippen LogP contribution in [0.25, 0.3) is 0 Å². The number of benzene rings is 1. The van der Waals surface area contributed by atoms with Gasteiger partial charge in [0.05, 0.1) is 17.4 Å². The maximum absolute atomic E-state index is 9.03. The second-order valence-corrected chi connectivity index (χ2v) is 4.30. The Balaban J connectivity index is 2.41. The lowest BCUT2D eigenvalue weighted by Crippen LogP contribution is -2.11. The van der Waals surface area contributed by atoms with Gasteiger partial charge < -0.3 is 5.32 Å². The number of nitrogens with two attached hydrogens (primary N) is 1. The van der Waals surface area contributed by atoms with Crippen molar-refractivity contribution in [2.24, 2.45) is 5.84 Å². The fourth-order valence-corrected chi connectivity index (χ4v) is 1.68. The van der Waals surface area contributed by atoms with Gasteiger partial charge in [-0.25, -0.2) is 10.8 Å². The Hall–Kier alpha value is -2.07. The van der Waals surface area contributed by atoms with Crippen LogP contribution in [0, 0.1) is 11.3 Å². The van der Waals surface area contributed by atoms with Crippen molar-refractivity contribution in [3.63, 3.8) is 0 Å². The Morgan fingerprint density at radius 2 is 2.11 bits per heavy atom. The fraction of sp³-hybridized carbons (Fsp3) is 0. The Morgan fingerprint density at radius 1 is 1.32 bits per heavy atom. The molecular weight excluding hydrogens is 287 g/mol. The first kappa shape index (κ1) is 13.4. The van der Waals surface area contributed by atoms with Crippen LogP contribution in [0.15, 0.2) is 24.4 Å². The van der Waals surface area contributed by atoms with Crippen LogP contribution in [-0.4, -0.2) is 9.97 Å². The first-order valence-corrected chi connectivity index (χ1v) is 5.85. The minimum absolute atomic E-state index is 0.201. The molecule has 0 aliphatic carbocycles. The zero-order chi connectivity index (χ0) is 13.8. The molecule has 0 saturated carbocycles. The van der Waals surface area contributed by atoms with E-state index in [0.29, 0.717) is 27.1 Å². The van der Waals surface area contributed by atoms with E-state index in [1.165, 1.54) is 6.20 Å². The number of hydrogen-bond acceptors (Lipinski definition) is 6. The molecule has 0 spiro atoms. The van der Waals surface area contributed by atoms with Crippen LogP contribution in [0.5, 0.6) is 0 Å². The SMILES string of the molecule is N#Cc1ccc(Cl)cc1Nc1nc(NN)ncc1Cl. The van der Waals surface area contributed by atoms with E-state index in [9.17, 15) is 0 Å². The van der Waals surface area contributed by atoms with Crippen molar-refractivity contribution < 1.29 is 0 Å². The standard InChI is InChI=1S/C11H8Cl2N6/c12-7-2-1-6(4-14)9(3-7)17-10-8(13)5-16-11(18-10)19-15/h1-3,5H,15H2,(H2,16,17,18,19). The first-order chi connectivity index (χ1) is 9.13. The molecule has 8 heteroatoms. The highest BCUT2D eigenvalue weighted by atomic mass is 35.5. The molecule has 1 aromatic heterocycles. The van der Waals surface area contributed by atoms with Gasteiger partial charge in [-0.15, -0.1) is 0 Å². The van der Waals surface area contributed by atoms with E-state index in [-0.39, 0.29) is 5.95 Å². The van der Waals surface area contributed by atoms with Crippen molar-refractivity contribution in [2.75, 3.05) is 10.7 Å². The van der Waals surface area contributed by atoms with E-state index in [4.69, 9.17) is 34.3 Å².